The predicted octanol–water partition coefficient (Wildman–Crippen LogP) is 5.41. The molecule has 28 heavy (non-hydrogen) atoms. The standard InChI is InChI=1S/C22H16F2N4/c1-14(15-10-12-16(23)13-11-15)27-28-22-18-7-3-5-9-20(18)25-21(26-22)17-6-2-4-8-19(17)24/h2-13H,1H3,(H,25,26,28)/b27-14+. The Kier molecular flexibility index (Phi) is 4.76. The number of benzene rings is 3. The van der Waals surface area contributed by atoms with Gasteiger partial charge in [0, 0.05) is 5.39 Å². The Labute approximate surface area is 160 Å². The van der Waals surface area contributed by atoms with Crippen LogP contribution in [-0.2, 0) is 0 Å². The third kappa shape index (κ3) is 3.57. The average molecular weight is 374 g/mol. The highest BCUT2D eigenvalue weighted by Gasteiger charge is 2.12. The van der Waals surface area contributed by atoms with E-state index in [0.29, 0.717) is 22.6 Å². The molecule has 0 amide bonds. The van der Waals surface area contributed by atoms with Gasteiger partial charge < -0.3 is 0 Å². The maximum atomic E-state index is 14.2. The molecule has 1 heterocycles. The number of halogens is 2. The summed E-state index contributed by atoms with van der Waals surface area (Å²) < 4.78 is 27.3. The van der Waals surface area contributed by atoms with Crippen LogP contribution in [0.15, 0.2) is 77.9 Å². The number of rotatable bonds is 4. The largest absolute Gasteiger partial charge is 0.260 e. The fraction of sp³-hybridized carbons (Fsp3) is 0.0455. The van der Waals surface area contributed by atoms with E-state index in [9.17, 15) is 8.78 Å². The number of nitrogens with zero attached hydrogens (tertiary/aromatic N) is 3. The van der Waals surface area contributed by atoms with Crippen LogP contribution in [-0.4, -0.2) is 15.7 Å². The molecule has 138 valence electrons. The lowest BCUT2D eigenvalue weighted by molar-refractivity contribution is 0.627. The Bertz CT molecular complexity index is 1170. The van der Waals surface area contributed by atoms with Crippen LogP contribution in [0.5, 0.6) is 0 Å². The van der Waals surface area contributed by atoms with Gasteiger partial charge in [-0.3, -0.25) is 5.43 Å². The molecule has 0 unspecified atom stereocenters. The van der Waals surface area contributed by atoms with Crippen molar-refractivity contribution in [3.8, 4) is 11.4 Å². The zero-order valence-corrected chi connectivity index (χ0v) is 15.0. The zero-order chi connectivity index (χ0) is 19.5. The fourth-order valence-corrected chi connectivity index (χ4v) is 2.82. The van der Waals surface area contributed by atoms with E-state index in [1.165, 1.54) is 18.2 Å². The van der Waals surface area contributed by atoms with Crippen LogP contribution >= 0.6 is 0 Å². The normalized spacial score (nSPS) is 11.6. The third-order valence-corrected chi connectivity index (χ3v) is 4.31. The number of hydrogen-bond donors (Lipinski definition) is 1. The van der Waals surface area contributed by atoms with Crippen molar-refractivity contribution >= 4 is 22.4 Å². The van der Waals surface area contributed by atoms with Crippen molar-refractivity contribution < 1.29 is 8.78 Å². The van der Waals surface area contributed by atoms with Crippen molar-refractivity contribution in [1.29, 1.82) is 0 Å². The number of anilines is 1. The number of nitrogens with one attached hydrogen (secondary N) is 1. The molecule has 1 N–H and O–H groups in total. The van der Waals surface area contributed by atoms with Gasteiger partial charge in [0.2, 0.25) is 0 Å². The molecule has 0 saturated carbocycles. The minimum Gasteiger partial charge on any atom is -0.260 e. The predicted molar refractivity (Wildman–Crippen MR) is 107 cm³/mol. The lowest BCUT2D eigenvalue weighted by atomic mass is 10.1. The van der Waals surface area contributed by atoms with Crippen LogP contribution in [0.2, 0.25) is 0 Å². The summed E-state index contributed by atoms with van der Waals surface area (Å²) in [5.74, 6) is 0.0369. The second kappa shape index (κ2) is 7.52. The highest BCUT2D eigenvalue weighted by molar-refractivity contribution is 5.99. The molecule has 6 heteroatoms. The molecule has 0 fully saturated rings. The summed E-state index contributed by atoms with van der Waals surface area (Å²) in [6, 6.07) is 19.9. The molecule has 1 aromatic heterocycles. The summed E-state index contributed by atoms with van der Waals surface area (Å²) in [6.45, 7) is 1.81. The first-order chi connectivity index (χ1) is 13.6. The van der Waals surface area contributed by atoms with Crippen LogP contribution in [0, 0.1) is 11.6 Å². The number of hydrogen-bond acceptors (Lipinski definition) is 4. The molecule has 4 aromatic rings. The van der Waals surface area contributed by atoms with Gasteiger partial charge in [0.05, 0.1) is 16.8 Å². The minimum absolute atomic E-state index is 0.272. The minimum atomic E-state index is -0.394. The van der Waals surface area contributed by atoms with E-state index in [0.717, 1.165) is 10.9 Å². The second-order valence-electron chi connectivity index (χ2n) is 6.21. The van der Waals surface area contributed by atoms with Gasteiger partial charge in [-0.05, 0) is 48.9 Å². The van der Waals surface area contributed by atoms with E-state index in [4.69, 9.17) is 0 Å². The highest BCUT2D eigenvalue weighted by atomic mass is 19.1. The molecule has 0 bridgehead atoms. The van der Waals surface area contributed by atoms with Gasteiger partial charge in [-0.2, -0.15) is 5.10 Å². The summed E-state index contributed by atoms with van der Waals surface area (Å²) in [4.78, 5) is 8.96. The Morgan fingerprint density at radius 2 is 1.57 bits per heavy atom. The van der Waals surface area contributed by atoms with E-state index in [-0.39, 0.29) is 11.6 Å². The topological polar surface area (TPSA) is 50.2 Å². The fourth-order valence-electron chi connectivity index (χ4n) is 2.82. The van der Waals surface area contributed by atoms with Gasteiger partial charge in [0.15, 0.2) is 11.6 Å². The molecular formula is C22H16F2N4. The van der Waals surface area contributed by atoms with Crippen molar-refractivity contribution in [1.82, 2.24) is 9.97 Å². The molecule has 3 aromatic carbocycles. The van der Waals surface area contributed by atoms with Gasteiger partial charge in [-0.15, -0.1) is 0 Å². The monoisotopic (exact) mass is 374 g/mol. The molecule has 0 atom stereocenters. The van der Waals surface area contributed by atoms with Crippen LogP contribution < -0.4 is 5.43 Å². The van der Waals surface area contributed by atoms with Crippen LogP contribution in [0.1, 0.15) is 12.5 Å². The average Bonchev–Trinajstić information content (AvgIpc) is 2.72. The van der Waals surface area contributed by atoms with E-state index in [2.05, 4.69) is 20.5 Å². The second-order valence-corrected chi connectivity index (χ2v) is 6.21. The highest BCUT2D eigenvalue weighted by Crippen LogP contribution is 2.26. The molecular weight excluding hydrogens is 358 g/mol. The maximum absolute atomic E-state index is 14.2. The number of fused-ring (bicyclic) bond motifs is 1. The molecule has 0 saturated heterocycles. The zero-order valence-electron chi connectivity index (χ0n) is 15.0. The number of para-hydroxylation sites is 1. The molecule has 0 radical (unpaired) electrons. The molecule has 0 aliphatic heterocycles. The Balaban J connectivity index is 1.76. The lowest BCUT2D eigenvalue weighted by Gasteiger charge is -2.09. The van der Waals surface area contributed by atoms with Crippen molar-refractivity contribution in [3.63, 3.8) is 0 Å². The van der Waals surface area contributed by atoms with E-state index in [1.807, 2.05) is 24.3 Å². The molecule has 4 rings (SSSR count). The van der Waals surface area contributed by atoms with Gasteiger partial charge in [-0.1, -0.05) is 36.4 Å². The first-order valence-corrected chi connectivity index (χ1v) is 8.70. The maximum Gasteiger partial charge on any atom is 0.165 e. The van der Waals surface area contributed by atoms with Crippen molar-refractivity contribution in [2.45, 2.75) is 6.92 Å². The van der Waals surface area contributed by atoms with E-state index < -0.39 is 5.82 Å². The Hall–Kier alpha value is -3.67. The van der Waals surface area contributed by atoms with Crippen LogP contribution in [0.3, 0.4) is 0 Å². The van der Waals surface area contributed by atoms with E-state index >= 15 is 0 Å². The molecule has 0 aliphatic carbocycles. The summed E-state index contributed by atoms with van der Waals surface area (Å²) in [5, 5.41) is 5.12. The Morgan fingerprint density at radius 1 is 0.857 bits per heavy atom. The third-order valence-electron chi connectivity index (χ3n) is 4.31. The summed E-state index contributed by atoms with van der Waals surface area (Å²) in [5.41, 5.74) is 5.38. The number of aromatic nitrogens is 2. The SMILES string of the molecule is C/C(=N\Nc1nc(-c2ccccc2F)nc2ccccc12)c1ccc(F)cc1. The van der Waals surface area contributed by atoms with Gasteiger partial charge in [0.1, 0.15) is 11.6 Å². The lowest BCUT2D eigenvalue weighted by Crippen LogP contribution is -2.03. The first kappa shape index (κ1) is 17.7. The quantitative estimate of drug-likeness (QED) is 0.384. The first-order valence-electron chi connectivity index (χ1n) is 8.70. The van der Waals surface area contributed by atoms with E-state index in [1.54, 1.807) is 37.3 Å². The Morgan fingerprint density at radius 3 is 2.36 bits per heavy atom. The molecule has 0 spiro atoms. The van der Waals surface area contributed by atoms with Crippen LogP contribution in [0.4, 0.5) is 14.6 Å². The molecule has 4 nitrogen and oxygen atoms in total. The smallest absolute Gasteiger partial charge is 0.165 e. The van der Waals surface area contributed by atoms with Gasteiger partial charge >= 0.3 is 0 Å². The van der Waals surface area contributed by atoms with Gasteiger partial charge in [-0.25, -0.2) is 18.7 Å². The molecule has 0 aliphatic rings. The summed E-state index contributed by atoms with van der Waals surface area (Å²) in [7, 11) is 0. The number of hydrazone groups is 1. The van der Waals surface area contributed by atoms with Crippen molar-refractivity contribution in [2.75, 3.05) is 5.43 Å². The van der Waals surface area contributed by atoms with Crippen molar-refractivity contribution in [3.05, 3.63) is 90.0 Å². The summed E-state index contributed by atoms with van der Waals surface area (Å²) >= 11 is 0. The van der Waals surface area contributed by atoms with Gasteiger partial charge in [0.25, 0.3) is 0 Å². The summed E-state index contributed by atoms with van der Waals surface area (Å²) in [6.07, 6.45) is 0. The van der Waals surface area contributed by atoms with Crippen molar-refractivity contribution in [2.24, 2.45) is 5.10 Å². The van der Waals surface area contributed by atoms with Crippen LogP contribution in [0.25, 0.3) is 22.3 Å².